The molecule has 2 fully saturated rings. The Bertz CT molecular complexity index is 213. The van der Waals surface area contributed by atoms with Crippen molar-refractivity contribution in [3.63, 3.8) is 0 Å². The lowest BCUT2D eigenvalue weighted by molar-refractivity contribution is 0.0282. The van der Waals surface area contributed by atoms with Gasteiger partial charge >= 0.3 is 0 Å². The van der Waals surface area contributed by atoms with E-state index < -0.39 is 0 Å². The van der Waals surface area contributed by atoms with Crippen molar-refractivity contribution in [1.82, 2.24) is 4.90 Å². The summed E-state index contributed by atoms with van der Waals surface area (Å²) < 4.78 is 10.7. The van der Waals surface area contributed by atoms with Gasteiger partial charge in [-0.05, 0) is 25.3 Å². The third-order valence-corrected chi connectivity index (χ3v) is 3.80. The minimum Gasteiger partial charge on any atom is -0.384 e. The fourth-order valence-electron chi connectivity index (χ4n) is 2.78. The van der Waals surface area contributed by atoms with Crippen molar-refractivity contribution in [2.45, 2.75) is 18.9 Å². The Hall–Kier alpha value is -0.160. The molecule has 0 bridgehead atoms. The molecule has 0 spiro atoms. The highest BCUT2D eigenvalue weighted by Gasteiger charge is 2.28. The second-order valence-corrected chi connectivity index (χ2v) is 5.16. The minimum atomic E-state index is 0.329. The van der Waals surface area contributed by atoms with E-state index in [1.807, 2.05) is 0 Å². The van der Waals surface area contributed by atoms with E-state index in [-0.39, 0.29) is 0 Å². The molecule has 3 unspecified atom stereocenters. The molecule has 4 nitrogen and oxygen atoms in total. The van der Waals surface area contributed by atoms with Crippen molar-refractivity contribution < 1.29 is 9.47 Å². The average Bonchev–Trinajstić information content (AvgIpc) is 2.70. The molecule has 2 heterocycles. The fourth-order valence-corrected chi connectivity index (χ4v) is 2.78. The summed E-state index contributed by atoms with van der Waals surface area (Å²) in [7, 11) is 1.79. The molecule has 2 aliphatic heterocycles. The van der Waals surface area contributed by atoms with Crippen molar-refractivity contribution in [3.05, 3.63) is 0 Å². The van der Waals surface area contributed by atoms with Crippen LogP contribution in [0.25, 0.3) is 0 Å². The van der Waals surface area contributed by atoms with Crippen molar-refractivity contribution in [1.29, 1.82) is 0 Å². The predicted molar refractivity (Wildman–Crippen MR) is 63.3 cm³/mol. The molecule has 0 saturated carbocycles. The number of hydrogen-bond donors (Lipinski definition) is 1. The highest BCUT2D eigenvalue weighted by Crippen LogP contribution is 2.20. The summed E-state index contributed by atoms with van der Waals surface area (Å²) in [5.41, 5.74) is 6.12. The molecule has 4 heteroatoms. The Kier molecular flexibility index (Phi) is 4.58. The molecule has 0 aromatic carbocycles. The molecule has 3 atom stereocenters. The maximum atomic E-state index is 6.12. The molecule has 0 aliphatic carbocycles. The van der Waals surface area contributed by atoms with Gasteiger partial charge in [-0.15, -0.1) is 0 Å². The van der Waals surface area contributed by atoms with E-state index >= 15 is 0 Å². The Morgan fingerprint density at radius 3 is 3.06 bits per heavy atom. The lowest BCUT2D eigenvalue weighted by Gasteiger charge is -2.31. The molecule has 0 amide bonds. The first kappa shape index (κ1) is 12.3. The SMILES string of the molecule is COCC1CCN(CC2COCCC2N)C1. The lowest BCUT2D eigenvalue weighted by atomic mass is 9.96. The highest BCUT2D eigenvalue weighted by atomic mass is 16.5. The highest BCUT2D eigenvalue weighted by molar-refractivity contribution is 4.83. The standard InChI is InChI=1S/C12H24N2O2/c1-15-8-10-2-4-14(6-10)7-11-9-16-5-3-12(11)13/h10-12H,2-9,13H2,1H3. The summed E-state index contributed by atoms with van der Waals surface area (Å²) >= 11 is 0. The largest absolute Gasteiger partial charge is 0.384 e. The van der Waals surface area contributed by atoms with Gasteiger partial charge < -0.3 is 20.1 Å². The Morgan fingerprint density at radius 1 is 1.44 bits per heavy atom. The maximum absolute atomic E-state index is 6.12. The Labute approximate surface area is 98.1 Å². The van der Waals surface area contributed by atoms with Gasteiger partial charge in [-0.3, -0.25) is 0 Å². The summed E-state index contributed by atoms with van der Waals surface area (Å²) in [6, 6.07) is 0.329. The summed E-state index contributed by atoms with van der Waals surface area (Å²) in [5, 5.41) is 0. The number of ether oxygens (including phenoxy) is 2. The van der Waals surface area contributed by atoms with E-state index in [1.165, 1.54) is 13.0 Å². The van der Waals surface area contributed by atoms with E-state index in [9.17, 15) is 0 Å². The van der Waals surface area contributed by atoms with Crippen LogP contribution >= 0.6 is 0 Å². The van der Waals surface area contributed by atoms with Crippen LogP contribution in [0.1, 0.15) is 12.8 Å². The second kappa shape index (κ2) is 5.96. The first-order valence-electron chi connectivity index (χ1n) is 6.34. The average molecular weight is 228 g/mol. The van der Waals surface area contributed by atoms with Crippen LogP contribution in [0.2, 0.25) is 0 Å². The Morgan fingerprint density at radius 2 is 2.31 bits per heavy atom. The third-order valence-electron chi connectivity index (χ3n) is 3.80. The number of rotatable bonds is 4. The summed E-state index contributed by atoms with van der Waals surface area (Å²) in [5.74, 6) is 1.24. The molecule has 2 aliphatic rings. The zero-order valence-corrected chi connectivity index (χ0v) is 10.2. The first-order chi connectivity index (χ1) is 7.79. The summed E-state index contributed by atoms with van der Waals surface area (Å²) in [6.07, 6.45) is 2.27. The first-order valence-corrected chi connectivity index (χ1v) is 6.34. The van der Waals surface area contributed by atoms with Gasteiger partial charge in [0.1, 0.15) is 0 Å². The van der Waals surface area contributed by atoms with Gasteiger partial charge in [0.15, 0.2) is 0 Å². The van der Waals surface area contributed by atoms with Crippen LogP contribution < -0.4 is 5.73 Å². The van der Waals surface area contributed by atoms with E-state index in [0.29, 0.717) is 17.9 Å². The summed E-state index contributed by atoms with van der Waals surface area (Å²) in [4.78, 5) is 2.52. The van der Waals surface area contributed by atoms with E-state index in [2.05, 4.69) is 4.90 Å². The van der Waals surface area contributed by atoms with E-state index in [0.717, 1.165) is 39.3 Å². The topological polar surface area (TPSA) is 47.7 Å². The molecular formula is C12H24N2O2. The van der Waals surface area contributed by atoms with Crippen LogP contribution in [0.4, 0.5) is 0 Å². The molecule has 0 radical (unpaired) electrons. The molecule has 0 aromatic rings. The normalized spacial score (nSPS) is 36.8. The van der Waals surface area contributed by atoms with Crippen LogP contribution in [0.15, 0.2) is 0 Å². The quantitative estimate of drug-likeness (QED) is 0.753. The Balaban J connectivity index is 1.73. The molecule has 0 aromatic heterocycles. The van der Waals surface area contributed by atoms with Crippen molar-refractivity contribution in [2.75, 3.05) is 46.6 Å². The second-order valence-electron chi connectivity index (χ2n) is 5.16. The van der Waals surface area contributed by atoms with Crippen LogP contribution in [-0.4, -0.2) is 57.5 Å². The van der Waals surface area contributed by atoms with Gasteiger partial charge in [0.2, 0.25) is 0 Å². The molecule has 2 N–H and O–H groups in total. The van der Waals surface area contributed by atoms with E-state index in [4.69, 9.17) is 15.2 Å². The van der Waals surface area contributed by atoms with Crippen molar-refractivity contribution >= 4 is 0 Å². The van der Waals surface area contributed by atoms with Crippen molar-refractivity contribution in [2.24, 2.45) is 17.6 Å². The number of nitrogens with zero attached hydrogens (tertiary/aromatic N) is 1. The van der Waals surface area contributed by atoms with Crippen LogP contribution in [0, 0.1) is 11.8 Å². The smallest absolute Gasteiger partial charge is 0.0521 e. The molecule has 2 rings (SSSR count). The fraction of sp³-hybridized carbons (Fsp3) is 1.00. The van der Waals surface area contributed by atoms with Crippen LogP contribution in [0.3, 0.4) is 0 Å². The zero-order chi connectivity index (χ0) is 11.4. The lowest BCUT2D eigenvalue weighted by Crippen LogP contribution is -2.44. The maximum Gasteiger partial charge on any atom is 0.0521 e. The predicted octanol–water partition coefficient (Wildman–Crippen LogP) is 0.319. The molecule has 94 valence electrons. The van der Waals surface area contributed by atoms with Crippen LogP contribution in [-0.2, 0) is 9.47 Å². The molecule has 2 saturated heterocycles. The zero-order valence-electron chi connectivity index (χ0n) is 10.2. The minimum absolute atomic E-state index is 0.329. The van der Waals surface area contributed by atoms with Gasteiger partial charge in [0.25, 0.3) is 0 Å². The van der Waals surface area contributed by atoms with Gasteiger partial charge in [-0.1, -0.05) is 0 Å². The number of hydrogen-bond acceptors (Lipinski definition) is 4. The van der Waals surface area contributed by atoms with Gasteiger partial charge in [0, 0.05) is 38.8 Å². The number of nitrogens with two attached hydrogens (primary N) is 1. The van der Waals surface area contributed by atoms with E-state index in [1.54, 1.807) is 7.11 Å². The van der Waals surface area contributed by atoms with Gasteiger partial charge in [-0.2, -0.15) is 0 Å². The summed E-state index contributed by atoms with van der Waals surface area (Å²) in [6.45, 7) is 6.02. The molecular weight excluding hydrogens is 204 g/mol. The number of methoxy groups -OCH3 is 1. The van der Waals surface area contributed by atoms with Crippen LogP contribution in [0.5, 0.6) is 0 Å². The molecule has 16 heavy (non-hydrogen) atoms. The van der Waals surface area contributed by atoms with Gasteiger partial charge in [0.05, 0.1) is 13.2 Å². The monoisotopic (exact) mass is 228 g/mol. The third kappa shape index (κ3) is 3.17. The number of likely N-dealkylation sites (tertiary alicyclic amines) is 1. The van der Waals surface area contributed by atoms with Crippen molar-refractivity contribution in [3.8, 4) is 0 Å². The van der Waals surface area contributed by atoms with Gasteiger partial charge in [-0.25, -0.2) is 0 Å².